The number of imidazole rings is 1. The molecule has 1 aliphatic rings. The van der Waals surface area contributed by atoms with E-state index in [-0.39, 0.29) is 0 Å². The van der Waals surface area contributed by atoms with Crippen molar-refractivity contribution in [1.29, 1.82) is 0 Å². The van der Waals surface area contributed by atoms with Gasteiger partial charge in [0.15, 0.2) is 17.8 Å². The summed E-state index contributed by atoms with van der Waals surface area (Å²) >= 11 is 0. The van der Waals surface area contributed by atoms with E-state index >= 15 is 0 Å². The number of hydrogen-bond donors (Lipinski definition) is 7. The van der Waals surface area contributed by atoms with Gasteiger partial charge in [0.05, 0.1) is 6.33 Å². The lowest BCUT2D eigenvalue weighted by molar-refractivity contribution is -0.0682. The highest BCUT2D eigenvalue weighted by molar-refractivity contribution is 7.52. The summed E-state index contributed by atoms with van der Waals surface area (Å²) < 4.78 is 16.9. The number of aliphatic hydroxyl groups excluding tert-OH is 3. The minimum Gasteiger partial charge on any atom is -0.387 e. The molecule has 0 spiro atoms. The molecule has 1 fully saturated rings. The topological polar surface area (TPSA) is 231 Å². The molecular formula is C10H15N4O9P. The van der Waals surface area contributed by atoms with Gasteiger partial charge in [-0.25, -0.2) is 4.98 Å². The molecule has 134 valence electrons. The van der Waals surface area contributed by atoms with Crippen LogP contribution in [0.5, 0.6) is 0 Å². The molecule has 2 rings (SSSR count). The molecule has 14 heteroatoms. The van der Waals surface area contributed by atoms with Crippen LogP contribution >= 0.6 is 7.60 Å². The van der Waals surface area contributed by atoms with Crippen LogP contribution in [0.2, 0.25) is 0 Å². The maximum absolute atomic E-state index is 11.5. The number of rotatable bonds is 5. The molecule has 1 aromatic heterocycles. The lowest BCUT2D eigenvalue weighted by Crippen LogP contribution is -2.38. The monoisotopic (exact) mass is 366 g/mol. The summed E-state index contributed by atoms with van der Waals surface area (Å²) in [5.74, 6) is -4.67. The Kier molecular flexibility index (Phi) is 4.79. The largest absolute Gasteiger partial charge is 0.387 e. The molecule has 1 aromatic rings. The number of nitrogens with two attached hydrogens (primary N) is 2. The van der Waals surface area contributed by atoms with E-state index in [2.05, 4.69) is 4.98 Å². The Morgan fingerprint density at radius 3 is 2.29 bits per heavy atom. The second kappa shape index (κ2) is 6.22. The third kappa shape index (κ3) is 3.06. The summed E-state index contributed by atoms with van der Waals surface area (Å²) in [6.45, 7) is 0. The molecule has 2 unspecified atom stereocenters. The molecule has 0 aromatic carbocycles. The molecule has 2 heterocycles. The van der Waals surface area contributed by atoms with Crippen LogP contribution in [0, 0.1) is 0 Å². The average Bonchev–Trinajstić information content (AvgIpc) is 3.00. The molecule has 9 N–H and O–H groups in total. The minimum absolute atomic E-state index is 0.522. The first-order valence-electron chi connectivity index (χ1n) is 6.38. The van der Waals surface area contributed by atoms with Crippen molar-refractivity contribution >= 4 is 19.4 Å². The SMILES string of the molecule is NC(=O)c1ncn(C2O[C@H](C(O)P(=O)(O)O)[C@@H](O)[C@H]2O)c1C(N)=O. The smallest absolute Gasteiger partial charge is 0.356 e. The van der Waals surface area contributed by atoms with Gasteiger partial charge in [-0.2, -0.15) is 0 Å². The first-order valence-corrected chi connectivity index (χ1v) is 8.06. The van der Waals surface area contributed by atoms with E-state index in [1.54, 1.807) is 0 Å². The summed E-state index contributed by atoms with van der Waals surface area (Å²) in [5, 5.41) is 29.4. The third-order valence-corrected chi connectivity index (χ3v) is 4.43. The van der Waals surface area contributed by atoms with E-state index in [1.807, 2.05) is 0 Å². The van der Waals surface area contributed by atoms with Crippen molar-refractivity contribution in [3.05, 3.63) is 17.7 Å². The van der Waals surface area contributed by atoms with E-state index in [0.29, 0.717) is 0 Å². The first-order chi connectivity index (χ1) is 11.0. The Morgan fingerprint density at radius 1 is 1.25 bits per heavy atom. The van der Waals surface area contributed by atoms with Crippen LogP contribution in [-0.2, 0) is 9.30 Å². The summed E-state index contributed by atoms with van der Waals surface area (Å²) in [4.78, 5) is 44.2. The van der Waals surface area contributed by atoms with Gasteiger partial charge in [0, 0.05) is 0 Å². The van der Waals surface area contributed by atoms with Gasteiger partial charge in [-0.05, 0) is 0 Å². The van der Waals surface area contributed by atoms with Crippen molar-refractivity contribution in [3.8, 4) is 0 Å². The molecule has 24 heavy (non-hydrogen) atoms. The maximum Gasteiger partial charge on any atom is 0.356 e. The van der Waals surface area contributed by atoms with Crippen LogP contribution in [0.15, 0.2) is 6.33 Å². The second-order valence-corrected chi connectivity index (χ2v) is 6.76. The predicted molar refractivity (Wildman–Crippen MR) is 73.2 cm³/mol. The number of aliphatic hydroxyl groups is 3. The number of carbonyl (C=O) groups excluding carboxylic acids is 2. The number of primary amides is 2. The molecule has 5 atom stereocenters. The minimum atomic E-state index is -5.06. The molecule has 0 radical (unpaired) electrons. The lowest BCUT2D eigenvalue weighted by atomic mass is 10.1. The molecular weight excluding hydrogens is 351 g/mol. The van der Waals surface area contributed by atoms with Gasteiger partial charge in [0.2, 0.25) is 0 Å². The van der Waals surface area contributed by atoms with Crippen LogP contribution in [0.25, 0.3) is 0 Å². The lowest BCUT2D eigenvalue weighted by Gasteiger charge is -2.21. The standard InChI is InChI=1S/C10H15N4O9P/c11-7(17)2-3(8(12)18)14(1-13-2)9-5(16)4(15)6(23-9)10(19)24(20,21)22/h1,4-6,9-10,15-16,19H,(H2,11,17)(H2,12,18)(H2,20,21,22)/t4-,5+,6-,9?,10?/m0/s1. The van der Waals surface area contributed by atoms with Gasteiger partial charge in [-0.1, -0.05) is 0 Å². The fraction of sp³-hybridized carbons (Fsp3) is 0.500. The number of ether oxygens (including phenoxy) is 1. The number of nitrogens with zero attached hydrogens (tertiary/aromatic N) is 2. The summed E-state index contributed by atoms with van der Waals surface area (Å²) in [5.41, 5.74) is 9.11. The Bertz CT molecular complexity index is 715. The Balaban J connectivity index is 2.42. The van der Waals surface area contributed by atoms with Gasteiger partial charge in [0.25, 0.3) is 11.8 Å². The van der Waals surface area contributed by atoms with E-state index < -0.39 is 61.2 Å². The van der Waals surface area contributed by atoms with Crippen LogP contribution in [0.3, 0.4) is 0 Å². The van der Waals surface area contributed by atoms with Gasteiger partial charge in [-0.3, -0.25) is 18.7 Å². The van der Waals surface area contributed by atoms with Gasteiger partial charge >= 0.3 is 7.60 Å². The molecule has 2 amide bonds. The van der Waals surface area contributed by atoms with Crippen molar-refractivity contribution in [2.45, 2.75) is 30.4 Å². The summed E-state index contributed by atoms with van der Waals surface area (Å²) in [7, 11) is -5.06. The van der Waals surface area contributed by atoms with E-state index in [4.69, 9.17) is 26.0 Å². The van der Waals surface area contributed by atoms with Crippen LogP contribution < -0.4 is 11.5 Å². The normalized spacial score (nSPS) is 28.7. The van der Waals surface area contributed by atoms with E-state index in [0.717, 1.165) is 10.9 Å². The van der Waals surface area contributed by atoms with Crippen LogP contribution in [0.4, 0.5) is 0 Å². The first kappa shape index (κ1) is 18.5. The quantitative estimate of drug-likeness (QED) is 0.251. The Hall–Kier alpha value is -1.86. The van der Waals surface area contributed by atoms with Crippen LogP contribution in [-0.4, -0.2) is 70.6 Å². The van der Waals surface area contributed by atoms with E-state index in [9.17, 15) is 29.5 Å². The fourth-order valence-corrected chi connectivity index (χ4v) is 2.96. The third-order valence-electron chi connectivity index (χ3n) is 3.45. The zero-order valence-corrected chi connectivity index (χ0v) is 12.7. The molecule has 0 saturated carbocycles. The second-order valence-electron chi connectivity index (χ2n) is 5.05. The highest BCUT2D eigenvalue weighted by atomic mass is 31.2. The van der Waals surface area contributed by atoms with Crippen molar-refractivity contribution in [2.24, 2.45) is 11.5 Å². The molecule has 1 saturated heterocycles. The fourth-order valence-electron chi connectivity index (χ4n) is 2.33. The summed E-state index contributed by atoms with van der Waals surface area (Å²) in [6.07, 6.45) is -6.32. The Labute approximate surface area is 133 Å². The van der Waals surface area contributed by atoms with Gasteiger partial charge in [0.1, 0.15) is 24.0 Å². The van der Waals surface area contributed by atoms with Crippen molar-refractivity contribution in [3.63, 3.8) is 0 Å². The predicted octanol–water partition coefficient (Wildman–Crippen LogP) is -3.80. The molecule has 1 aliphatic heterocycles. The van der Waals surface area contributed by atoms with Crippen molar-refractivity contribution < 1.29 is 44.0 Å². The van der Waals surface area contributed by atoms with Gasteiger partial charge in [-0.15, -0.1) is 0 Å². The van der Waals surface area contributed by atoms with E-state index in [1.165, 1.54) is 0 Å². The summed E-state index contributed by atoms with van der Waals surface area (Å²) in [6, 6.07) is 0. The van der Waals surface area contributed by atoms with Crippen molar-refractivity contribution in [1.82, 2.24) is 9.55 Å². The zero-order valence-electron chi connectivity index (χ0n) is 11.8. The highest BCUT2D eigenvalue weighted by Gasteiger charge is 2.52. The van der Waals surface area contributed by atoms with Gasteiger partial charge < -0.3 is 41.3 Å². The number of hydrogen-bond acceptors (Lipinski definition) is 8. The molecule has 0 aliphatic carbocycles. The molecule has 0 bridgehead atoms. The Morgan fingerprint density at radius 2 is 1.83 bits per heavy atom. The molecule has 13 nitrogen and oxygen atoms in total. The van der Waals surface area contributed by atoms with Crippen LogP contribution in [0.1, 0.15) is 27.2 Å². The number of amides is 2. The average molecular weight is 366 g/mol. The zero-order chi connectivity index (χ0) is 18.4. The number of aromatic nitrogens is 2. The van der Waals surface area contributed by atoms with Crippen molar-refractivity contribution in [2.75, 3.05) is 0 Å². The number of carbonyl (C=O) groups is 2. The highest BCUT2D eigenvalue weighted by Crippen LogP contribution is 2.46. The maximum atomic E-state index is 11.5.